The number of aliphatic hydroxyl groups is 1. The van der Waals surface area contributed by atoms with Gasteiger partial charge in [-0.25, -0.2) is 0 Å². The quantitative estimate of drug-likeness (QED) is 0.570. The number of carboxylic acids is 1. The van der Waals surface area contributed by atoms with E-state index in [0.29, 0.717) is 12.8 Å². The number of amides is 1. The number of rotatable bonds is 4. The predicted octanol–water partition coefficient (Wildman–Crippen LogP) is -0.698. The van der Waals surface area contributed by atoms with E-state index in [1.54, 1.807) is 0 Å². The smallest absolute Gasteiger partial charge is 0.319 e. The van der Waals surface area contributed by atoms with Crippen molar-refractivity contribution < 1.29 is 19.8 Å². The van der Waals surface area contributed by atoms with Crippen molar-refractivity contribution in [1.82, 2.24) is 4.90 Å². The van der Waals surface area contributed by atoms with Gasteiger partial charge in [0.2, 0.25) is 5.91 Å². The van der Waals surface area contributed by atoms with E-state index in [1.165, 1.54) is 11.9 Å². The van der Waals surface area contributed by atoms with Crippen molar-refractivity contribution >= 4 is 11.9 Å². The lowest BCUT2D eigenvalue weighted by molar-refractivity contribution is -0.153. The Morgan fingerprint density at radius 1 is 1.46 bits per heavy atom. The second-order valence-corrected chi connectivity index (χ2v) is 3.34. The summed E-state index contributed by atoms with van der Waals surface area (Å²) in [7, 11) is 1.50. The van der Waals surface area contributed by atoms with Crippen LogP contribution >= 0.6 is 0 Å². The molecule has 1 aliphatic carbocycles. The highest BCUT2D eigenvalue weighted by Crippen LogP contribution is 2.47. The summed E-state index contributed by atoms with van der Waals surface area (Å²) < 4.78 is 0. The van der Waals surface area contributed by atoms with E-state index in [-0.39, 0.29) is 13.2 Å². The Morgan fingerprint density at radius 2 is 2.00 bits per heavy atom. The predicted molar refractivity (Wildman–Crippen MR) is 44.0 cm³/mol. The van der Waals surface area contributed by atoms with Crippen molar-refractivity contribution in [2.75, 3.05) is 20.2 Å². The van der Waals surface area contributed by atoms with Crippen LogP contribution < -0.4 is 0 Å². The summed E-state index contributed by atoms with van der Waals surface area (Å²) in [5, 5.41) is 17.4. The van der Waals surface area contributed by atoms with E-state index in [4.69, 9.17) is 10.2 Å². The number of hydrogen-bond donors (Lipinski definition) is 2. The maximum absolute atomic E-state index is 11.5. The monoisotopic (exact) mass is 187 g/mol. The molecule has 0 saturated heterocycles. The van der Waals surface area contributed by atoms with Gasteiger partial charge in [0.05, 0.1) is 6.61 Å². The maximum atomic E-state index is 11.5. The molecular weight excluding hydrogens is 174 g/mol. The fraction of sp³-hybridized carbons (Fsp3) is 0.750. The van der Waals surface area contributed by atoms with Gasteiger partial charge in [-0.1, -0.05) is 0 Å². The third-order valence-electron chi connectivity index (χ3n) is 2.35. The van der Waals surface area contributed by atoms with Crippen LogP contribution in [0.15, 0.2) is 0 Å². The number of aliphatic hydroxyl groups excluding tert-OH is 1. The lowest BCUT2D eigenvalue weighted by atomic mass is 10.1. The molecule has 5 heteroatoms. The highest BCUT2D eigenvalue weighted by Gasteiger charge is 2.58. The number of carboxylic acid groups (broad SMARTS) is 1. The number of aliphatic carboxylic acids is 1. The minimum absolute atomic E-state index is 0.141. The molecule has 2 N–H and O–H groups in total. The lowest BCUT2D eigenvalue weighted by Crippen LogP contribution is -2.39. The fourth-order valence-corrected chi connectivity index (χ4v) is 1.26. The first-order chi connectivity index (χ1) is 6.04. The van der Waals surface area contributed by atoms with Gasteiger partial charge >= 0.3 is 5.97 Å². The van der Waals surface area contributed by atoms with Gasteiger partial charge in [0.1, 0.15) is 5.41 Å². The first-order valence-electron chi connectivity index (χ1n) is 4.14. The number of nitrogens with zero attached hydrogens (tertiary/aromatic N) is 1. The molecule has 0 atom stereocenters. The maximum Gasteiger partial charge on any atom is 0.319 e. The number of hydrogen-bond acceptors (Lipinski definition) is 3. The molecule has 74 valence electrons. The molecular formula is C8H13NO4. The molecule has 0 aromatic carbocycles. The first kappa shape index (κ1) is 9.98. The van der Waals surface area contributed by atoms with E-state index < -0.39 is 17.3 Å². The SMILES string of the molecule is CN(CCO)C(=O)C1(C(=O)O)CC1. The Kier molecular flexibility index (Phi) is 2.56. The van der Waals surface area contributed by atoms with Crippen LogP contribution in [0.3, 0.4) is 0 Å². The van der Waals surface area contributed by atoms with E-state index in [9.17, 15) is 9.59 Å². The Balaban J connectivity index is 2.62. The van der Waals surface area contributed by atoms with Crippen LogP contribution in [0, 0.1) is 5.41 Å². The zero-order valence-electron chi connectivity index (χ0n) is 7.49. The van der Waals surface area contributed by atoms with Crippen molar-refractivity contribution in [2.45, 2.75) is 12.8 Å². The van der Waals surface area contributed by atoms with Crippen LogP contribution in [-0.4, -0.2) is 47.2 Å². The Labute approximate surface area is 76.0 Å². The van der Waals surface area contributed by atoms with Crippen LogP contribution in [0.5, 0.6) is 0 Å². The second kappa shape index (κ2) is 3.33. The molecule has 0 radical (unpaired) electrons. The number of likely N-dealkylation sites (N-methyl/N-ethyl adjacent to an activating group) is 1. The zero-order chi connectivity index (χ0) is 10.1. The van der Waals surface area contributed by atoms with Crippen LogP contribution in [-0.2, 0) is 9.59 Å². The average Bonchev–Trinajstić information content (AvgIpc) is 2.83. The Hall–Kier alpha value is -1.10. The van der Waals surface area contributed by atoms with Crippen molar-refractivity contribution in [3.05, 3.63) is 0 Å². The lowest BCUT2D eigenvalue weighted by Gasteiger charge is -2.19. The van der Waals surface area contributed by atoms with Crippen molar-refractivity contribution in [3.8, 4) is 0 Å². The summed E-state index contributed by atoms with van der Waals surface area (Å²) in [6.07, 6.45) is 0.827. The van der Waals surface area contributed by atoms with Crippen LogP contribution in [0.1, 0.15) is 12.8 Å². The summed E-state index contributed by atoms with van der Waals surface area (Å²) in [5.74, 6) is -1.45. The topological polar surface area (TPSA) is 77.8 Å². The van der Waals surface area contributed by atoms with Gasteiger partial charge in [-0.3, -0.25) is 9.59 Å². The molecule has 1 amide bonds. The summed E-state index contributed by atoms with van der Waals surface area (Å²) in [5.41, 5.74) is -1.18. The molecule has 0 aliphatic heterocycles. The number of carbonyl (C=O) groups is 2. The fourth-order valence-electron chi connectivity index (χ4n) is 1.26. The van der Waals surface area contributed by atoms with Gasteiger partial charge in [0.25, 0.3) is 0 Å². The van der Waals surface area contributed by atoms with Gasteiger partial charge in [0.15, 0.2) is 0 Å². The van der Waals surface area contributed by atoms with E-state index >= 15 is 0 Å². The Bertz CT molecular complexity index is 234. The molecule has 0 bridgehead atoms. The minimum atomic E-state index is -1.18. The Morgan fingerprint density at radius 3 is 2.31 bits per heavy atom. The standard InChI is InChI=1S/C8H13NO4/c1-9(4-5-10)6(11)8(2-3-8)7(12)13/h10H,2-5H2,1H3,(H,12,13). The molecule has 1 rings (SSSR count). The summed E-state index contributed by atoms with van der Waals surface area (Å²) in [4.78, 5) is 23.5. The van der Waals surface area contributed by atoms with Gasteiger partial charge in [-0.2, -0.15) is 0 Å². The molecule has 0 unspecified atom stereocenters. The minimum Gasteiger partial charge on any atom is -0.480 e. The number of carbonyl (C=O) groups excluding carboxylic acids is 1. The average molecular weight is 187 g/mol. The second-order valence-electron chi connectivity index (χ2n) is 3.34. The molecule has 1 saturated carbocycles. The highest BCUT2D eigenvalue weighted by atomic mass is 16.4. The van der Waals surface area contributed by atoms with Crippen LogP contribution in [0.4, 0.5) is 0 Å². The van der Waals surface area contributed by atoms with Gasteiger partial charge in [0, 0.05) is 13.6 Å². The van der Waals surface area contributed by atoms with E-state index in [2.05, 4.69) is 0 Å². The molecule has 5 nitrogen and oxygen atoms in total. The summed E-state index contributed by atoms with van der Waals surface area (Å²) in [6.45, 7) is 0.0474. The molecule has 0 aromatic heterocycles. The van der Waals surface area contributed by atoms with Crippen LogP contribution in [0.25, 0.3) is 0 Å². The highest BCUT2D eigenvalue weighted by molar-refractivity contribution is 6.04. The van der Waals surface area contributed by atoms with Gasteiger partial charge in [-0.15, -0.1) is 0 Å². The molecule has 13 heavy (non-hydrogen) atoms. The van der Waals surface area contributed by atoms with Gasteiger partial charge < -0.3 is 15.1 Å². The van der Waals surface area contributed by atoms with E-state index in [0.717, 1.165) is 0 Å². The molecule has 1 fully saturated rings. The van der Waals surface area contributed by atoms with Crippen molar-refractivity contribution in [2.24, 2.45) is 5.41 Å². The van der Waals surface area contributed by atoms with Gasteiger partial charge in [-0.05, 0) is 12.8 Å². The third-order valence-corrected chi connectivity index (χ3v) is 2.35. The largest absolute Gasteiger partial charge is 0.480 e. The molecule has 1 aliphatic rings. The summed E-state index contributed by atoms with van der Waals surface area (Å²) in [6, 6.07) is 0. The molecule has 0 spiro atoms. The molecule has 0 heterocycles. The third kappa shape index (κ3) is 1.65. The van der Waals surface area contributed by atoms with Crippen LogP contribution in [0.2, 0.25) is 0 Å². The zero-order valence-corrected chi connectivity index (χ0v) is 7.49. The van der Waals surface area contributed by atoms with Crippen molar-refractivity contribution in [3.63, 3.8) is 0 Å². The first-order valence-corrected chi connectivity index (χ1v) is 4.14. The normalized spacial score (nSPS) is 18.0. The van der Waals surface area contributed by atoms with Crippen molar-refractivity contribution in [1.29, 1.82) is 0 Å². The molecule has 0 aromatic rings. The van der Waals surface area contributed by atoms with E-state index in [1.807, 2.05) is 0 Å². The summed E-state index contributed by atoms with van der Waals surface area (Å²) >= 11 is 0.